The number of rotatable bonds is 4. The van der Waals surface area contributed by atoms with Crippen LogP contribution < -0.4 is 4.74 Å². The summed E-state index contributed by atoms with van der Waals surface area (Å²) in [6.07, 6.45) is -4.06. The van der Waals surface area contributed by atoms with Gasteiger partial charge in [-0.2, -0.15) is 22.5 Å². The van der Waals surface area contributed by atoms with E-state index in [1.807, 2.05) is 0 Å². The lowest BCUT2D eigenvalue weighted by Crippen LogP contribution is -2.06. The third kappa shape index (κ3) is 3.65. The zero-order valence-electron chi connectivity index (χ0n) is 9.52. The molecule has 0 fully saturated rings. The van der Waals surface area contributed by atoms with Crippen LogP contribution in [0.5, 0.6) is 10.9 Å². The predicted molar refractivity (Wildman–Crippen MR) is 62.2 cm³/mol. The molecule has 1 aromatic carbocycles. The number of hydrogen-bond donors (Lipinski definition) is 1. The van der Waals surface area contributed by atoms with Gasteiger partial charge in [-0.05, 0) is 24.1 Å². The van der Waals surface area contributed by atoms with Crippen LogP contribution in [0.1, 0.15) is 11.4 Å². The van der Waals surface area contributed by atoms with Gasteiger partial charge in [0.05, 0.1) is 0 Å². The molecule has 19 heavy (non-hydrogen) atoms. The Hall–Kier alpha value is -1.67. The first-order valence-electron chi connectivity index (χ1n) is 5.27. The number of aromatic nitrogens is 2. The highest BCUT2D eigenvalue weighted by atomic mass is 32.1. The zero-order chi connectivity index (χ0) is 13.9. The van der Waals surface area contributed by atoms with Gasteiger partial charge in [0.15, 0.2) is 0 Å². The van der Waals surface area contributed by atoms with Crippen molar-refractivity contribution < 1.29 is 23.0 Å². The number of halogens is 3. The fourth-order valence-electron chi connectivity index (χ4n) is 1.32. The first-order valence-corrected chi connectivity index (χ1v) is 6.05. The minimum absolute atomic E-state index is 0.0333. The summed E-state index contributed by atoms with van der Waals surface area (Å²) in [7, 11) is 0. The maximum atomic E-state index is 12.3. The van der Waals surface area contributed by atoms with E-state index in [1.54, 1.807) is 24.3 Å². The number of hydrogen-bond acceptors (Lipinski definition) is 5. The molecule has 1 aromatic heterocycles. The quantitative estimate of drug-likeness (QED) is 0.940. The van der Waals surface area contributed by atoms with Gasteiger partial charge in [0.25, 0.3) is 11.0 Å². The van der Waals surface area contributed by atoms with Gasteiger partial charge in [-0.25, -0.2) is 0 Å². The van der Waals surface area contributed by atoms with Gasteiger partial charge < -0.3 is 9.84 Å². The van der Waals surface area contributed by atoms with E-state index >= 15 is 0 Å². The number of alkyl halides is 3. The molecule has 0 atom stereocenters. The molecule has 102 valence electrons. The van der Waals surface area contributed by atoms with Crippen LogP contribution in [0.4, 0.5) is 13.2 Å². The molecule has 2 aromatic rings. The van der Waals surface area contributed by atoms with Crippen LogP contribution in [-0.4, -0.2) is 21.1 Å². The van der Waals surface area contributed by atoms with Crippen LogP contribution in [0.3, 0.4) is 0 Å². The van der Waals surface area contributed by atoms with Crippen molar-refractivity contribution in [1.29, 1.82) is 0 Å². The van der Waals surface area contributed by atoms with Gasteiger partial charge in [0, 0.05) is 18.1 Å². The molecule has 1 N–H and O–H groups in total. The van der Waals surface area contributed by atoms with Gasteiger partial charge in [-0.15, -0.1) is 0 Å². The molecular weight excluding hydrogens is 281 g/mol. The topological polar surface area (TPSA) is 55.2 Å². The second kappa shape index (κ2) is 5.54. The van der Waals surface area contributed by atoms with E-state index in [-0.39, 0.29) is 11.8 Å². The molecule has 0 aliphatic rings. The predicted octanol–water partition coefficient (Wildman–Crippen LogP) is 2.88. The maximum absolute atomic E-state index is 12.3. The summed E-state index contributed by atoms with van der Waals surface area (Å²) >= 11 is 0.542. The van der Waals surface area contributed by atoms with Gasteiger partial charge >= 0.3 is 6.18 Å². The van der Waals surface area contributed by atoms with E-state index in [1.165, 1.54) is 0 Å². The van der Waals surface area contributed by atoms with Crippen LogP contribution in [0.2, 0.25) is 0 Å². The normalized spacial score (nSPS) is 11.6. The maximum Gasteiger partial charge on any atom is 0.452 e. The van der Waals surface area contributed by atoms with Crippen LogP contribution in [-0.2, 0) is 12.6 Å². The Bertz CT molecular complexity index is 540. The average Bonchev–Trinajstić information content (AvgIpc) is 2.80. The van der Waals surface area contributed by atoms with E-state index in [4.69, 9.17) is 9.84 Å². The molecule has 0 saturated carbocycles. The van der Waals surface area contributed by atoms with Crippen molar-refractivity contribution in [2.24, 2.45) is 0 Å². The molecular formula is C11H9F3N2O2S. The van der Waals surface area contributed by atoms with Crippen molar-refractivity contribution in [3.05, 3.63) is 35.7 Å². The lowest BCUT2D eigenvalue weighted by Gasteiger charge is -2.02. The molecule has 0 saturated heterocycles. The summed E-state index contributed by atoms with van der Waals surface area (Å²) in [5.74, 6) is -0.837. The van der Waals surface area contributed by atoms with Crippen molar-refractivity contribution in [2.75, 3.05) is 6.61 Å². The van der Waals surface area contributed by atoms with E-state index in [2.05, 4.69) is 9.36 Å². The Labute approximate surface area is 110 Å². The van der Waals surface area contributed by atoms with Crippen LogP contribution in [0.15, 0.2) is 24.3 Å². The van der Waals surface area contributed by atoms with Gasteiger partial charge in [0.2, 0.25) is 0 Å². The highest BCUT2D eigenvalue weighted by Gasteiger charge is 2.36. The average molecular weight is 290 g/mol. The second-order valence-electron chi connectivity index (χ2n) is 3.60. The highest BCUT2D eigenvalue weighted by Crippen LogP contribution is 2.31. The highest BCUT2D eigenvalue weighted by molar-refractivity contribution is 7.07. The number of benzene rings is 1. The van der Waals surface area contributed by atoms with Gasteiger partial charge in [-0.1, -0.05) is 12.1 Å². The molecule has 0 spiro atoms. The van der Waals surface area contributed by atoms with Crippen LogP contribution in [0, 0.1) is 0 Å². The van der Waals surface area contributed by atoms with Crippen molar-refractivity contribution in [1.82, 2.24) is 9.36 Å². The summed E-state index contributed by atoms with van der Waals surface area (Å²) in [5.41, 5.74) is 0.906. The molecule has 0 radical (unpaired) electrons. The molecule has 0 bridgehead atoms. The first kappa shape index (κ1) is 13.8. The third-order valence-electron chi connectivity index (χ3n) is 2.19. The largest absolute Gasteiger partial charge is 0.452 e. The molecule has 8 heteroatoms. The monoisotopic (exact) mass is 290 g/mol. The summed E-state index contributed by atoms with van der Waals surface area (Å²) in [4.78, 5) is 3.26. The summed E-state index contributed by atoms with van der Waals surface area (Å²) < 4.78 is 45.2. The number of aliphatic hydroxyl groups excluding tert-OH is 1. The van der Waals surface area contributed by atoms with Crippen molar-refractivity contribution in [2.45, 2.75) is 12.6 Å². The smallest absolute Gasteiger partial charge is 0.430 e. The van der Waals surface area contributed by atoms with E-state index in [0.29, 0.717) is 23.7 Å². The molecule has 1 heterocycles. The molecule has 0 aliphatic carbocycles. The Morgan fingerprint density at radius 1 is 1.21 bits per heavy atom. The van der Waals surface area contributed by atoms with Gasteiger partial charge in [-0.3, -0.25) is 0 Å². The zero-order valence-corrected chi connectivity index (χ0v) is 10.3. The summed E-state index contributed by atoms with van der Waals surface area (Å²) in [6.45, 7) is 0.0333. The summed E-state index contributed by atoms with van der Waals surface area (Å²) in [6, 6.07) is 6.63. The third-order valence-corrected chi connectivity index (χ3v) is 2.78. The minimum Gasteiger partial charge on any atom is -0.430 e. The second-order valence-corrected chi connectivity index (χ2v) is 4.32. The lowest BCUT2D eigenvalue weighted by atomic mass is 10.1. The van der Waals surface area contributed by atoms with E-state index in [9.17, 15) is 13.2 Å². The number of nitrogens with zero attached hydrogens (tertiary/aromatic N) is 2. The molecule has 0 aliphatic heterocycles. The fourth-order valence-corrected chi connectivity index (χ4v) is 1.89. The Morgan fingerprint density at radius 3 is 2.42 bits per heavy atom. The fraction of sp³-hybridized carbons (Fsp3) is 0.273. The summed E-state index contributed by atoms with van der Waals surface area (Å²) in [5, 5.41) is 8.58. The van der Waals surface area contributed by atoms with Crippen LogP contribution >= 0.6 is 11.5 Å². The molecule has 2 rings (SSSR count). The Balaban J connectivity index is 2.06. The van der Waals surface area contributed by atoms with E-state index in [0.717, 1.165) is 5.56 Å². The van der Waals surface area contributed by atoms with Crippen molar-refractivity contribution >= 4 is 11.5 Å². The van der Waals surface area contributed by atoms with Crippen molar-refractivity contribution in [3.63, 3.8) is 0 Å². The van der Waals surface area contributed by atoms with E-state index < -0.39 is 12.0 Å². The Morgan fingerprint density at radius 2 is 1.89 bits per heavy atom. The van der Waals surface area contributed by atoms with Crippen molar-refractivity contribution in [3.8, 4) is 10.9 Å². The van der Waals surface area contributed by atoms with Gasteiger partial charge in [0.1, 0.15) is 5.75 Å². The SMILES string of the molecule is OCCc1ccc(Oc2nc(C(F)(F)F)ns2)cc1. The first-order chi connectivity index (χ1) is 8.99. The molecule has 0 amide bonds. The lowest BCUT2D eigenvalue weighted by molar-refractivity contribution is -0.144. The minimum atomic E-state index is -4.57. The molecule has 0 unspecified atom stereocenters. The molecule has 4 nitrogen and oxygen atoms in total. The van der Waals surface area contributed by atoms with Crippen LogP contribution in [0.25, 0.3) is 0 Å². The number of ether oxygens (including phenoxy) is 1. The standard InChI is InChI=1S/C11H9F3N2O2S/c12-11(13,14)9-15-10(19-16-9)18-8-3-1-7(2-4-8)5-6-17/h1-4,17H,5-6H2. The number of aliphatic hydroxyl groups is 1. The Kier molecular flexibility index (Phi) is 4.01.